The van der Waals surface area contributed by atoms with Gasteiger partial charge in [0.15, 0.2) is 0 Å². The normalized spacial score (nSPS) is 17.5. The first kappa shape index (κ1) is 14.0. The fourth-order valence-electron chi connectivity index (χ4n) is 2.88. The third-order valence-electron chi connectivity index (χ3n) is 4.06. The van der Waals surface area contributed by atoms with E-state index in [4.69, 9.17) is 0 Å². The second-order valence-corrected chi connectivity index (χ2v) is 5.43. The molecule has 1 atom stereocenters. The van der Waals surface area contributed by atoms with E-state index < -0.39 is 0 Å². The minimum absolute atomic E-state index is 0.134. The van der Waals surface area contributed by atoms with E-state index in [0.717, 1.165) is 24.8 Å². The van der Waals surface area contributed by atoms with Crippen molar-refractivity contribution in [3.8, 4) is 0 Å². The molecule has 0 bridgehead atoms. The Morgan fingerprint density at radius 1 is 1.26 bits per heavy atom. The molecule has 2 rings (SSSR count). The van der Waals surface area contributed by atoms with Gasteiger partial charge in [-0.15, -0.1) is 0 Å². The van der Waals surface area contributed by atoms with E-state index in [2.05, 4.69) is 0 Å². The summed E-state index contributed by atoms with van der Waals surface area (Å²) in [5.41, 5.74) is 1.24. The second-order valence-electron chi connectivity index (χ2n) is 5.43. The zero-order valence-corrected chi connectivity index (χ0v) is 11.1. The Labute approximate surface area is 113 Å². The van der Waals surface area contributed by atoms with E-state index in [0.29, 0.717) is 5.92 Å². The standard InChI is InChI=1S/C15H21NO3/c17-15(13-5-1-2-6-13)7-3-4-12-8-10-14(11-9-12)16(18)19/h8-11,13,15,17H,1-7H2. The van der Waals surface area contributed by atoms with Gasteiger partial charge in [0, 0.05) is 12.1 Å². The molecule has 1 saturated carbocycles. The van der Waals surface area contributed by atoms with E-state index in [9.17, 15) is 15.2 Å². The van der Waals surface area contributed by atoms with Crippen molar-refractivity contribution in [1.82, 2.24) is 0 Å². The smallest absolute Gasteiger partial charge is 0.269 e. The van der Waals surface area contributed by atoms with Crippen molar-refractivity contribution in [2.24, 2.45) is 5.92 Å². The fraction of sp³-hybridized carbons (Fsp3) is 0.600. The monoisotopic (exact) mass is 263 g/mol. The molecule has 1 fully saturated rings. The molecular formula is C15H21NO3. The van der Waals surface area contributed by atoms with Crippen molar-refractivity contribution in [3.05, 3.63) is 39.9 Å². The summed E-state index contributed by atoms with van der Waals surface area (Å²) in [4.78, 5) is 10.2. The van der Waals surface area contributed by atoms with Crippen LogP contribution < -0.4 is 0 Å². The summed E-state index contributed by atoms with van der Waals surface area (Å²) in [7, 11) is 0. The van der Waals surface area contributed by atoms with Crippen LogP contribution in [0.25, 0.3) is 0 Å². The number of hydrogen-bond acceptors (Lipinski definition) is 3. The molecule has 1 unspecified atom stereocenters. The average molecular weight is 263 g/mol. The molecule has 0 amide bonds. The predicted molar refractivity (Wildman–Crippen MR) is 74.0 cm³/mol. The first-order chi connectivity index (χ1) is 9.16. The highest BCUT2D eigenvalue weighted by Crippen LogP contribution is 2.29. The lowest BCUT2D eigenvalue weighted by Gasteiger charge is -2.17. The maximum atomic E-state index is 10.5. The Morgan fingerprint density at radius 3 is 2.47 bits per heavy atom. The molecule has 1 aliphatic carbocycles. The van der Waals surface area contributed by atoms with E-state index in [1.807, 2.05) is 0 Å². The largest absolute Gasteiger partial charge is 0.393 e. The number of aliphatic hydroxyl groups excluding tert-OH is 1. The fourth-order valence-corrected chi connectivity index (χ4v) is 2.88. The van der Waals surface area contributed by atoms with Crippen molar-refractivity contribution in [3.63, 3.8) is 0 Å². The minimum Gasteiger partial charge on any atom is -0.393 e. The molecular weight excluding hydrogens is 242 g/mol. The predicted octanol–water partition coefficient (Wildman–Crippen LogP) is 3.47. The van der Waals surface area contributed by atoms with Gasteiger partial charge in [0.2, 0.25) is 0 Å². The molecule has 1 aromatic rings. The lowest BCUT2D eigenvalue weighted by molar-refractivity contribution is -0.384. The van der Waals surface area contributed by atoms with Crippen LogP contribution in [0.3, 0.4) is 0 Å². The number of nitro groups is 1. The molecule has 1 aromatic carbocycles. The van der Waals surface area contributed by atoms with Gasteiger partial charge >= 0.3 is 0 Å². The summed E-state index contributed by atoms with van der Waals surface area (Å²) in [6, 6.07) is 6.70. The van der Waals surface area contributed by atoms with Gasteiger partial charge in [-0.05, 0) is 43.6 Å². The zero-order chi connectivity index (χ0) is 13.7. The molecule has 1 aliphatic rings. The summed E-state index contributed by atoms with van der Waals surface area (Å²) >= 11 is 0. The molecule has 0 saturated heterocycles. The Bertz CT molecular complexity index is 410. The average Bonchev–Trinajstić information content (AvgIpc) is 2.93. The van der Waals surface area contributed by atoms with Crippen LogP contribution in [0, 0.1) is 16.0 Å². The molecule has 4 nitrogen and oxygen atoms in total. The molecule has 0 aromatic heterocycles. The van der Waals surface area contributed by atoms with Gasteiger partial charge < -0.3 is 5.11 Å². The highest BCUT2D eigenvalue weighted by atomic mass is 16.6. The van der Waals surface area contributed by atoms with Crippen LogP contribution in [-0.2, 0) is 6.42 Å². The SMILES string of the molecule is O=[N+]([O-])c1ccc(CCCC(O)C2CCCC2)cc1. The molecule has 1 N–H and O–H groups in total. The highest BCUT2D eigenvalue weighted by Gasteiger charge is 2.22. The van der Waals surface area contributed by atoms with E-state index in [1.165, 1.54) is 25.7 Å². The van der Waals surface area contributed by atoms with E-state index in [1.54, 1.807) is 24.3 Å². The summed E-state index contributed by atoms with van der Waals surface area (Å²) in [5, 5.41) is 20.6. The van der Waals surface area contributed by atoms with Crippen LogP contribution in [0.1, 0.15) is 44.1 Å². The third kappa shape index (κ3) is 4.03. The number of nitro benzene ring substituents is 1. The number of rotatable bonds is 6. The van der Waals surface area contributed by atoms with Gasteiger partial charge in [0.05, 0.1) is 11.0 Å². The van der Waals surface area contributed by atoms with Gasteiger partial charge in [-0.2, -0.15) is 0 Å². The van der Waals surface area contributed by atoms with Crippen LogP contribution in [0.2, 0.25) is 0 Å². The topological polar surface area (TPSA) is 63.4 Å². The van der Waals surface area contributed by atoms with Gasteiger partial charge in [-0.25, -0.2) is 0 Å². The molecule has 0 radical (unpaired) electrons. The van der Waals surface area contributed by atoms with Crippen molar-refractivity contribution < 1.29 is 10.0 Å². The number of aliphatic hydroxyl groups is 1. The minimum atomic E-state index is -0.381. The first-order valence-corrected chi connectivity index (χ1v) is 7.08. The van der Waals surface area contributed by atoms with Crippen molar-refractivity contribution in [1.29, 1.82) is 0 Å². The number of aryl methyl sites for hydroxylation is 1. The number of hydrogen-bond donors (Lipinski definition) is 1. The molecule has 0 spiro atoms. The van der Waals surface area contributed by atoms with Crippen molar-refractivity contribution >= 4 is 5.69 Å². The number of non-ortho nitro benzene ring substituents is 1. The van der Waals surface area contributed by atoms with Crippen LogP contribution in [0.15, 0.2) is 24.3 Å². The van der Waals surface area contributed by atoms with Gasteiger partial charge in [0.1, 0.15) is 0 Å². The zero-order valence-electron chi connectivity index (χ0n) is 11.1. The molecule has 4 heteroatoms. The summed E-state index contributed by atoms with van der Waals surface area (Å²) in [6.07, 6.45) is 7.32. The molecule has 0 heterocycles. The van der Waals surface area contributed by atoms with E-state index >= 15 is 0 Å². The quantitative estimate of drug-likeness (QED) is 0.631. The summed E-state index contributed by atoms with van der Waals surface area (Å²) < 4.78 is 0. The lowest BCUT2D eigenvalue weighted by Crippen LogP contribution is -2.17. The Morgan fingerprint density at radius 2 is 1.89 bits per heavy atom. The molecule has 104 valence electrons. The lowest BCUT2D eigenvalue weighted by atomic mass is 9.95. The van der Waals surface area contributed by atoms with Crippen molar-refractivity contribution in [2.45, 2.75) is 51.0 Å². The maximum absolute atomic E-state index is 10.5. The molecule has 19 heavy (non-hydrogen) atoms. The van der Waals surface area contributed by atoms with Gasteiger partial charge in [-0.3, -0.25) is 10.1 Å². The van der Waals surface area contributed by atoms with Crippen LogP contribution >= 0.6 is 0 Å². The van der Waals surface area contributed by atoms with E-state index in [-0.39, 0.29) is 16.7 Å². The Hall–Kier alpha value is -1.42. The van der Waals surface area contributed by atoms with Crippen molar-refractivity contribution in [2.75, 3.05) is 0 Å². The van der Waals surface area contributed by atoms with Gasteiger partial charge in [-0.1, -0.05) is 25.0 Å². The second kappa shape index (κ2) is 6.66. The van der Waals surface area contributed by atoms with Crippen LogP contribution in [0.4, 0.5) is 5.69 Å². The first-order valence-electron chi connectivity index (χ1n) is 7.08. The Balaban J connectivity index is 1.74. The summed E-state index contributed by atoms with van der Waals surface area (Å²) in [5.74, 6) is 0.497. The molecule has 0 aliphatic heterocycles. The Kier molecular flexibility index (Phi) is 4.91. The number of benzene rings is 1. The number of nitrogens with zero attached hydrogens (tertiary/aromatic N) is 1. The van der Waals surface area contributed by atoms with Crippen LogP contribution in [0.5, 0.6) is 0 Å². The maximum Gasteiger partial charge on any atom is 0.269 e. The summed E-state index contributed by atoms with van der Waals surface area (Å²) in [6.45, 7) is 0. The highest BCUT2D eigenvalue weighted by molar-refractivity contribution is 5.32. The van der Waals surface area contributed by atoms with Crippen LogP contribution in [-0.4, -0.2) is 16.1 Å². The van der Waals surface area contributed by atoms with Gasteiger partial charge in [0.25, 0.3) is 5.69 Å². The third-order valence-corrected chi connectivity index (χ3v) is 4.06.